The minimum atomic E-state index is -1.91. The van der Waals surface area contributed by atoms with Crippen molar-refractivity contribution in [2.45, 2.75) is 12.5 Å². The van der Waals surface area contributed by atoms with Crippen molar-refractivity contribution in [3.05, 3.63) is 24.3 Å². The predicted molar refractivity (Wildman–Crippen MR) is 53.6 cm³/mol. The monoisotopic (exact) mass is 225 g/mol. The van der Waals surface area contributed by atoms with Gasteiger partial charge in [-0.25, -0.2) is 4.79 Å². The van der Waals surface area contributed by atoms with Crippen molar-refractivity contribution in [1.82, 2.24) is 5.32 Å². The quantitative estimate of drug-likeness (QED) is 0.615. The van der Waals surface area contributed by atoms with E-state index in [1.165, 1.54) is 18.2 Å². The number of amides is 1. The van der Waals surface area contributed by atoms with E-state index in [1.807, 2.05) is 0 Å². The van der Waals surface area contributed by atoms with E-state index < -0.39 is 29.3 Å². The molecule has 1 rings (SSSR count). The van der Waals surface area contributed by atoms with Crippen LogP contribution in [-0.2, 0) is 14.4 Å². The second-order valence-electron chi connectivity index (χ2n) is 3.42. The molecule has 86 valence electrons. The summed E-state index contributed by atoms with van der Waals surface area (Å²) in [5.74, 6) is -4.64. The lowest BCUT2D eigenvalue weighted by molar-refractivity contribution is -0.154. The summed E-state index contributed by atoms with van der Waals surface area (Å²) < 4.78 is 0. The first kappa shape index (κ1) is 12.0. The highest BCUT2D eigenvalue weighted by Gasteiger charge is 2.48. The Morgan fingerprint density at radius 2 is 1.88 bits per heavy atom. The zero-order valence-corrected chi connectivity index (χ0v) is 8.51. The van der Waals surface area contributed by atoms with Crippen molar-refractivity contribution in [1.29, 1.82) is 0 Å². The second-order valence-corrected chi connectivity index (χ2v) is 3.42. The molecule has 0 heterocycles. The van der Waals surface area contributed by atoms with Crippen LogP contribution in [-0.4, -0.2) is 33.6 Å². The van der Waals surface area contributed by atoms with Crippen molar-refractivity contribution in [3.63, 3.8) is 0 Å². The Hall–Kier alpha value is -2.11. The first-order chi connectivity index (χ1) is 7.40. The molecule has 0 aromatic heterocycles. The number of carboxylic acid groups (broad SMARTS) is 2. The van der Waals surface area contributed by atoms with Crippen LogP contribution in [0.3, 0.4) is 0 Å². The molecule has 0 bridgehead atoms. The molecule has 0 aromatic rings. The SMILES string of the molecule is CC(=O)NC1(C(=O)O)C=CC=CC1C(=O)O. The molecule has 1 aliphatic carbocycles. The molecular weight excluding hydrogens is 214 g/mol. The molecule has 16 heavy (non-hydrogen) atoms. The molecule has 1 aliphatic rings. The van der Waals surface area contributed by atoms with Crippen LogP contribution in [0.4, 0.5) is 0 Å². The highest BCUT2D eigenvalue weighted by atomic mass is 16.4. The molecule has 6 heteroatoms. The standard InChI is InChI=1S/C10H11NO5/c1-6(12)11-10(9(15)16)5-3-2-4-7(10)8(13)14/h2-5,7H,1H3,(H,11,12)(H,13,14)(H,15,16). The normalized spacial score (nSPS) is 27.4. The molecule has 0 spiro atoms. The third kappa shape index (κ3) is 1.95. The Bertz CT molecular complexity index is 398. The average molecular weight is 225 g/mol. The number of carbonyl (C=O) groups is 3. The number of nitrogens with one attached hydrogen (secondary N) is 1. The summed E-state index contributed by atoms with van der Waals surface area (Å²) in [4.78, 5) is 33.1. The van der Waals surface area contributed by atoms with Gasteiger partial charge >= 0.3 is 11.9 Å². The molecule has 1 amide bonds. The zero-order valence-electron chi connectivity index (χ0n) is 8.51. The number of allylic oxidation sites excluding steroid dienone is 2. The Morgan fingerprint density at radius 1 is 1.25 bits per heavy atom. The van der Waals surface area contributed by atoms with Gasteiger partial charge in [0.25, 0.3) is 0 Å². The number of aliphatic carboxylic acids is 2. The molecule has 0 aliphatic heterocycles. The van der Waals surface area contributed by atoms with Crippen LogP contribution < -0.4 is 5.32 Å². The van der Waals surface area contributed by atoms with Crippen molar-refractivity contribution >= 4 is 17.8 Å². The molecule has 0 radical (unpaired) electrons. The van der Waals surface area contributed by atoms with Gasteiger partial charge in [0.05, 0.1) is 0 Å². The summed E-state index contributed by atoms with van der Waals surface area (Å²) in [7, 11) is 0. The lowest BCUT2D eigenvalue weighted by atomic mass is 9.80. The number of hydrogen-bond donors (Lipinski definition) is 3. The summed E-state index contributed by atoms with van der Waals surface area (Å²) in [6.07, 6.45) is 5.22. The summed E-state index contributed by atoms with van der Waals surface area (Å²) >= 11 is 0. The van der Waals surface area contributed by atoms with Crippen LogP contribution in [0.2, 0.25) is 0 Å². The maximum Gasteiger partial charge on any atom is 0.334 e. The third-order valence-electron chi connectivity index (χ3n) is 2.27. The Balaban J connectivity index is 3.20. The van der Waals surface area contributed by atoms with E-state index in [9.17, 15) is 14.4 Å². The van der Waals surface area contributed by atoms with Crippen LogP contribution in [0.15, 0.2) is 24.3 Å². The number of carboxylic acids is 2. The molecule has 0 aromatic carbocycles. The number of rotatable bonds is 3. The maximum atomic E-state index is 11.2. The fraction of sp³-hybridized carbons (Fsp3) is 0.300. The van der Waals surface area contributed by atoms with E-state index >= 15 is 0 Å². The number of carbonyl (C=O) groups excluding carboxylic acids is 1. The molecule has 6 nitrogen and oxygen atoms in total. The second kappa shape index (κ2) is 4.18. The van der Waals surface area contributed by atoms with Crippen molar-refractivity contribution in [2.75, 3.05) is 0 Å². The first-order valence-electron chi connectivity index (χ1n) is 4.51. The van der Waals surface area contributed by atoms with Crippen molar-refractivity contribution < 1.29 is 24.6 Å². The van der Waals surface area contributed by atoms with E-state index in [0.717, 1.165) is 13.0 Å². The summed E-state index contributed by atoms with van der Waals surface area (Å²) in [6.45, 7) is 1.13. The van der Waals surface area contributed by atoms with Crippen LogP contribution in [0, 0.1) is 5.92 Å². The Morgan fingerprint density at radius 3 is 2.31 bits per heavy atom. The zero-order chi connectivity index (χ0) is 12.3. The molecule has 3 N–H and O–H groups in total. The minimum Gasteiger partial charge on any atom is -0.481 e. The van der Waals surface area contributed by atoms with E-state index in [1.54, 1.807) is 0 Å². The van der Waals surface area contributed by atoms with E-state index in [0.29, 0.717) is 0 Å². The summed E-state index contributed by atoms with van der Waals surface area (Å²) in [5, 5.41) is 20.2. The van der Waals surface area contributed by atoms with Gasteiger partial charge in [0.1, 0.15) is 5.92 Å². The fourth-order valence-corrected chi connectivity index (χ4v) is 1.58. The van der Waals surface area contributed by atoms with Gasteiger partial charge < -0.3 is 15.5 Å². The van der Waals surface area contributed by atoms with Gasteiger partial charge in [-0.2, -0.15) is 0 Å². The number of hydrogen-bond acceptors (Lipinski definition) is 3. The molecule has 2 unspecified atom stereocenters. The van der Waals surface area contributed by atoms with Gasteiger partial charge in [-0.3, -0.25) is 9.59 Å². The van der Waals surface area contributed by atoms with Crippen LogP contribution in [0.5, 0.6) is 0 Å². The third-order valence-corrected chi connectivity index (χ3v) is 2.27. The van der Waals surface area contributed by atoms with E-state index in [4.69, 9.17) is 10.2 Å². The van der Waals surface area contributed by atoms with Crippen molar-refractivity contribution in [2.24, 2.45) is 5.92 Å². The van der Waals surface area contributed by atoms with Gasteiger partial charge in [0, 0.05) is 6.92 Å². The van der Waals surface area contributed by atoms with E-state index in [-0.39, 0.29) is 0 Å². The minimum absolute atomic E-state index is 0.603. The average Bonchev–Trinajstić information content (AvgIpc) is 2.16. The van der Waals surface area contributed by atoms with Crippen LogP contribution in [0.25, 0.3) is 0 Å². The first-order valence-corrected chi connectivity index (χ1v) is 4.51. The summed E-state index contributed by atoms with van der Waals surface area (Å²) in [5.41, 5.74) is -1.91. The van der Waals surface area contributed by atoms with Crippen LogP contribution >= 0.6 is 0 Å². The van der Waals surface area contributed by atoms with Gasteiger partial charge in [0.2, 0.25) is 5.91 Å². The Kier molecular flexibility index (Phi) is 3.12. The predicted octanol–water partition coefficient (Wildman–Crippen LogP) is -0.227. The molecule has 0 fully saturated rings. The van der Waals surface area contributed by atoms with Gasteiger partial charge in [-0.1, -0.05) is 18.2 Å². The Labute approximate surface area is 91.3 Å². The van der Waals surface area contributed by atoms with E-state index in [2.05, 4.69) is 5.32 Å². The fourth-order valence-electron chi connectivity index (χ4n) is 1.58. The van der Waals surface area contributed by atoms with Gasteiger partial charge in [0.15, 0.2) is 5.54 Å². The maximum absolute atomic E-state index is 11.2. The topological polar surface area (TPSA) is 104 Å². The van der Waals surface area contributed by atoms with Gasteiger partial charge in [-0.05, 0) is 6.08 Å². The molecular formula is C10H11NO5. The lowest BCUT2D eigenvalue weighted by Gasteiger charge is -2.32. The summed E-state index contributed by atoms with van der Waals surface area (Å²) in [6, 6.07) is 0. The molecule has 0 saturated heterocycles. The highest BCUT2D eigenvalue weighted by Crippen LogP contribution is 2.25. The molecule has 0 saturated carbocycles. The smallest absolute Gasteiger partial charge is 0.334 e. The molecule has 2 atom stereocenters. The van der Waals surface area contributed by atoms with Gasteiger partial charge in [-0.15, -0.1) is 0 Å². The van der Waals surface area contributed by atoms with Crippen LogP contribution in [0.1, 0.15) is 6.92 Å². The lowest BCUT2D eigenvalue weighted by Crippen LogP contribution is -2.59. The highest BCUT2D eigenvalue weighted by molar-refractivity contribution is 5.94. The largest absolute Gasteiger partial charge is 0.481 e. The van der Waals surface area contributed by atoms with Crippen molar-refractivity contribution in [3.8, 4) is 0 Å².